The second-order valence-corrected chi connectivity index (χ2v) is 7.61. The number of fused-ring (bicyclic) bond motifs is 2. The first-order chi connectivity index (χ1) is 10.3. The number of aryl methyl sites for hydroxylation is 2. The molecule has 0 unspecified atom stereocenters. The van der Waals surface area contributed by atoms with Crippen LogP contribution in [0.15, 0.2) is 6.20 Å². The van der Waals surface area contributed by atoms with Gasteiger partial charge >= 0.3 is 6.09 Å². The number of nitrogens with zero attached hydrogens (tertiary/aromatic N) is 3. The number of amides is 1. The van der Waals surface area contributed by atoms with Gasteiger partial charge in [-0.05, 0) is 58.9 Å². The van der Waals surface area contributed by atoms with Gasteiger partial charge in [-0.2, -0.15) is 5.10 Å². The first-order valence-corrected chi connectivity index (χ1v) is 8.38. The fraction of sp³-hybridized carbons (Fsp3) is 0.765. The molecular weight excluding hydrogens is 278 g/mol. The Morgan fingerprint density at radius 1 is 1.32 bits per heavy atom. The zero-order chi connectivity index (χ0) is 16.0. The van der Waals surface area contributed by atoms with Gasteiger partial charge in [0.2, 0.25) is 0 Å². The Balaban J connectivity index is 1.68. The summed E-state index contributed by atoms with van der Waals surface area (Å²) in [5.41, 5.74) is 2.46. The van der Waals surface area contributed by atoms with Crippen LogP contribution in [0.4, 0.5) is 4.79 Å². The van der Waals surface area contributed by atoms with Gasteiger partial charge in [0.1, 0.15) is 5.60 Å². The van der Waals surface area contributed by atoms with Crippen molar-refractivity contribution in [3.8, 4) is 0 Å². The SMILES string of the molecule is CCn1cc2c(n1)C1(CC2)CCN(C(=O)OC(C)(C)C)CC1. The first kappa shape index (κ1) is 15.4. The standard InChI is InChI=1S/C17H27N3O2/c1-5-20-12-13-6-7-17(14(13)18-20)8-10-19(11-9-17)15(21)22-16(2,3)4/h12H,5-11H2,1-4H3. The molecule has 0 aromatic carbocycles. The van der Waals surface area contributed by atoms with Crippen molar-refractivity contribution in [2.75, 3.05) is 13.1 Å². The summed E-state index contributed by atoms with van der Waals surface area (Å²) in [5.74, 6) is 0. The maximum Gasteiger partial charge on any atom is 0.410 e. The highest BCUT2D eigenvalue weighted by molar-refractivity contribution is 5.68. The van der Waals surface area contributed by atoms with Gasteiger partial charge in [0.05, 0.1) is 5.69 Å². The molecule has 122 valence electrons. The molecule has 0 bridgehead atoms. The minimum absolute atomic E-state index is 0.181. The van der Waals surface area contributed by atoms with Crippen LogP contribution in [0.25, 0.3) is 0 Å². The second kappa shape index (κ2) is 5.28. The number of piperidine rings is 1. The van der Waals surface area contributed by atoms with Crippen LogP contribution in [-0.4, -0.2) is 39.5 Å². The minimum Gasteiger partial charge on any atom is -0.444 e. The molecule has 0 radical (unpaired) electrons. The number of carbonyl (C=O) groups excluding carboxylic acids is 1. The summed E-state index contributed by atoms with van der Waals surface area (Å²) in [5, 5.41) is 4.80. The van der Waals surface area contributed by atoms with Crippen molar-refractivity contribution in [1.82, 2.24) is 14.7 Å². The maximum absolute atomic E-state index is 12.2. The van der Waals surface area contributed by atoms with E-state index in [2.05, 4.69) is 13.1 Å². The van der Waals surface area contributed by atoms with Crippen molar-refractivity contribution in [3.05, 3.63) is 17.5 Å². The number of rotatable bonds is 1. The number of hydrogen-bond donors (Lipinski definition) is 0. The van der Waals surface area contributed by atoms with E-state index in [4.69, 9.17) is 9.84 Å². The number of hydrogen-bond acceptors (Lipinski definition) is 3. The molecule has 0 saturated carbocycles. The Bertz CT molecular complexity index is 563. The fourth-order valence-electron chi connectivity index (χ4n) is 3.68. The van der Waals surface area contributed by atoms with Crippen molar-refractivity contribution in [3.63, 3.8) is 0 Å². The number of aromatic nitrogens is 2. The molecule has 22 heavy (non-hydrogen) atoms. The predicted octanol–water partition coefficient (Wildman–Crippen LogP) is 3.12. The average molecular weight is 305 g/mol. The summed E-state index contributed by atoms with van der Waals surface area (Å²) >= 11 is 0. The van der Waals surface area contributed by atoms with Gasteiger partial charge in [-0.15, -0.1) is 0 Å². The van der Waals surface area contributed by atoms with Crippen LogP contribution in [-0.2, 0) is 23.1 Å². The topological polar surface area (TPSA) is 47.4 Å². The number of ether oxygens (including phenoxy) is 1. The zero-order valence-electron chi connectivity index (χ0n) is 14.2. The molecule has 1 amide bonds. The van der Waals surface area contributed by atoms with E-state index < -0.39 is 5.60 Å². The lowest BCUT2D eigenvalue weighted by Crippen LogP contribution is -2.46. The third-order valence-corrected chi connectivity index (χ3v) is 4.91. The molecular formula is C17H27N3O2. The average Bonchev–Trinajstić information content (AvgIpc) is 2.99. The Morgan fingerprint density at radius 3 is 2.59 bits per heavy atom. The lowest BCUT2D eigenvalue weighted by atomic mass is 9.76. The summed E-state index contributed by atoms with van der Waals surface area (Å²) in [4.78, 5) is 14.0. The lowest BCUT2D eigenvalue weighted by molar-refractivity contribution is 0.0161. The van der Waals surface area contributed by atoms with E-state index in [1.807, 2.05) is 30.4 Å². The lowest BCUT2D eigenvalue weighted by Gasteiger charge is -2.39. The van der Waals surface area contributed by atoms with E-state index >= 15 is 0 Å². The van der Waals surface area contributed by atoms with E-state index in [1.54, 1.807) is 0 Å². The molecule has 1 saturated heterocycles. The minimum atomic E-state index is -0.424. The molecule has 1 aliphatic carbocycles. The van der Waals surface area contributed by atoms with E-state index in [9.17, 15) is 4.79 Å². The smallest absolute Gasteiger partial charge is 0.410 e. The molecule has 2 aliphatic rings. The molecule has 5 heteroatoms. The van der Waals surface area contributed by atoms with Gasteiger partial charge in [-0.3, -0.25) is 4.68 Å². The first-order valence-electron chi connectivity index (χ1n) is 8.38. The molecule has 0 atom stereocenters. The normalized spacial score (nSPS) is 20.3. The van der Waals surface area contributed by atoms with E-state index in [1.165, 1.54) is 17.7 Å². The van der Waals surface area contributed by atoms with Gasteiger partial charge in [0, 0.05) is 31.2 Å². The van der Waals surface area contributed by atoms with Crippen molar-refractivity contribution in [2.24, 2.45) is 0 Å². The Hall–Kier alpha value is -1.52. The van der Waals surface area contributed by atoms with Crippen LogP contribution in [0.3, 0.4) is 0 Å². The van der Waals surface area contributed by atoms with Crippen molar-refractivity contribution in [1.29, 1.82) is 0 Å². The Labute approximate surface area is 132 Å². The molecule has 3 rings (SSSR count). The third-order valence-electron chi connectivity index (χ3n) is 4.91. The monoisotopic (exact) mass is 305 g/mol. The highest BCUT2D eigenvalue weighted by Crippen LogP contribution is 2.45. The summed E-state index contributed by atoms with van der Waals surface area (Å²) in [7, 11) is 0. The molecule has 5 nitrogen and oxygen atoms in total. The quantitative estimate of drug-likeness (QED) is 0.801. The van der Waals surface area contributed by atoms with Crippen LogP contribution in [0.1, 0.15) is 58.2 Å². The van der Waals surface area contributed by atoms with Gasteiger partial charge in [0.15, 0.2) is 0 Å². The van der Waals surface area contributed by atoms with Gasteiger partial charge < -0.3 is 9.64 Å². The van der Waals surface area contributed by atoms with E-state index in [0.29, 0.717) is 0 Å². The third kappa shape index (κ3) is 2.73. The molecule has 0 N–H and O–H groups in total. The van der Waals surface area contributed by atoms with E-state index in [0.717, 1.165) is 38.9 Å². The van der Waals surface area contributed by atoms with Crippen LogP contribution >= 0.6 is 0 Å². The van der Waals surface area contributed by atoms with Crippen molar-refractivity contribution >= 4 is 6.09 Å². The Kier molecular flexibility index (Phi) is 3.69. The number of likely N-dealkylation sites (tertiary alicyclic amines) is 1. The Morgan fingerprint density at radius 2 is 2.00 bits per heavy atom. The van der Waals surface area contributed by atoms with Crippen LogP contribution in [0, 0.1) is 0 Å². The second-order valence-electron chi connectivity index (χ2n) is 7.61. The summed E-state index contributed by atoms with van der Waals surface area (Å²) in [6, 6.07) is 0. The molecule has 1 aromatic rings. The van der Waals surface area contributed by atoms with Gasteiger partial charge in [0.25, 0.3) is 0 Å². The largest absolute Gasteiger partial charge is 0.444 e. The van der Waals surface area contributed by atoms with Crippen molar-refractivity contribution < 1.29 is 9.53 Å². The molecule has 1 fully saturated rings. The van der Waals surface area contributed by atoms with Crippen LogP contribution in [0.2, 0.25) is 0 Å². The number of carbonyl (C=O) groups is 1. The van der Waals surface area contributed by atoms with Crippen molar-refractivity contribution in [2.45, 2.75) is 70.9 Å². The fourth-order valence-corrected chi connectivity index (χ4v) is 3.68. The summed E-state index contributed by atoms with van der Waals surface area (Å²) in [6.07, 6.45) is 6.32. The molecule has 2 heterocycles. The van der Waals surface area contributed by atoms with Gasteiger partial charge in [-0.25, -0.2) is 4.79 Å². The molecule has 1 aromatic heterocycles. The van der Waals surface area contributed by atoms with E-state index in [-0.39, 0.29) is 11.5 Å². The molecule has 1 spiro atoms. The van der Waals surface area contributed by atoms with Gasteiger partial charge in [-0.1, -0.05) is 0 Å². The molecule has 1 aliphatic heterocycles. The van der Waals surface area contributed by atoms with Crippen LogP contribution < -0.4 is 0 Å². The highest BCUT2D eigenvalue weighted by Gasteiger charge is 2.44. The maximum atomic E-state index is 12.2. The predicted molar refractivity (Wildman–Crippen MR) is 84.9 cm³/mol. The highest BCUT2D eigenvalue weighted by atomic mass is 16.6. The summed E-state index contributed by atoms with van der Waals surface area (Å²) < 4.78 is 7.53. The summed E-state index contributed by atoms with van der Waals surface area (Å²) in [6.45, 7) is 10.3. The zero-order valence-corrected chi connectivity index (χ0v) is 14.2. The van der Waals surface area contributed by atoms with Crippen LogP contribution in [0.5, 0.6) is 0 Å².